The molecule has 2 aromatic rings. The normalized spacial score (nSPS) is 12.4. The lowest BCUT2D eigenvalue weighted by Gasteiger charge is -2.26. The molecule has 130 valence electrons. The van der Waals surface area contributed by atoms with E-state index in [-0.39, 0.29) is 0 Å². The van der Waals surface area contributed by atoms with Crippen molar-refractivity contribution in [3.05, 3.63) is 54.1 Å². The Balaban J connectivity index is 2.29. The number of benzene rings is 2. The molecular weight excluding hydrogens is 337 g/mol. The molecule has 0 bridgehead atoms. The highest BCUT2D eigenvalue weighted by Crippen LogP contribution is 2.30. The van der Waals surface area contributed by atoms with Crippen LogP contribution in [0.3, 0.4) is 0 Å². The summed E-state index contributed by atoms with van der Waals surface area (Å²) in [5, 5.41) is 0.796. The molecule has 0 spiro atoms. The number of alkyl halides is 3. The predicted molar refractivity (Wildman–Crippen MR) is 87.9 cm³/mol. The molecule has 0 saturated heterocycles. The molecule has 0 saturated carbocycles. The van der Waals surface area contributed by atoms with Crippen molar-refractivity contribution in [3.63, 3.8) is 0 Å². The minimum atomic E-state index is -4.33. The highest BCUT2D eigenvalue weighted by atomic mass is 28.4. The smallest absolute Gasteiger partial charge is 0.373 e. The van der Waals surface area contributed by atoms with Crippen molar-refractivity contribution in [3.8, 4) is 11.1 Å². The lowest BCUT2D eigenvalue weighted by molar-refractivity contribution is -0.137. The quantitative estimate of drug-likeness (QED) is 0.736. The summed E-state index contributed by atoms with van der Waals surface area (Å²) in [6.07, 6.45) is -4.33. The van der Waals surface area contributed by atoms with E-state index in [1.165, 1.54) is 26.4 Å². The summed E-state index contributed by atoms with van der Waals surface area (Å²) in [4.78, 5) is 0. The van der Waals surface area contributed by atoms with Gasteiger partial charge in [0.15, 0.2) is 0 Å². The zero-order chi connectivity index (χ0) is 17.8. The van der Waals surface area contributed by atoms with Crippen molar-refractivity contribution in [1.29, 1.82) is 0 Å². The van der Waals surface area contributed by atoms with Crippen molar-refractivity contribution < 1.29 is 26.4 Å². The fraction of sp³-hybridized carbons (Fsp3) is 0.294. The number of hydrogen-bond donors (Lipinski definition) is 0. The molecule has 0 N–H and O–H groups in total. The van der Waals surface area contributed by atoms with E-state index >= 15 is 0 Å². The van der Waals surface area contributed by atoms with Crippen molar-refractivity contribution in [2.45, 2.75) is 13.1 Å². The molecule has 0 unspecified atom stereocenters. The van der Waals surface area contributed by atoms with Gasteiger partial charge in [0.05, 0.1) is 5.56 Å². The van der Waals surface area contributed by atoms with Gasteiger partial charge in [-0.2, -0.15) is 13.2 Å². The molecule has 2 aromatic carbocycles. The maximum atomic E-state index is 12.6. The molecular formula is C17H19F3O3Si. The van der Waals surface area contributed by atoms with Gasteiger partial charge in [0.1, 0.15) is 0 Å². The molecule has 0 radical (unpaired) electrons. The Morgan fingerprint density at radius 2 is 1.29 bits per heavy atom. The van der Waals surface area contributed by atoms with Crippen LogP contribution in [0.1, 0.15) is 12.5 Å². The zero-order valence-electron chi connectivity index (χ0n) is 13.7. The van der Waals surface area contributed by atoms with E-state index in [4.69, 9.17) is 13.3 Å². The van der Waals surface area contributed by atoms with Crippen LogP contribution in [0.15, 0.2) is 48.5 Å². The van der Waals surface area contributed by atoms with E-state index in [9.17, 15) is 13.2 Å². The van der Waals surface area contributed by atoms with Crippen LogP contribution in [-0.4, -0.2) is 29.6 Å². The van der Waals surface area contributed by atoms with Gasteiger partial charge in [0, 0.05) is 26.0 Å². The van der Waals surface area contributed by atoms with Gasteiger partial charge in [-0.3, -0.25) is 0 Å². The van der Waals surface area contributed by atoms with Gasteiger partial charge in [-0.1, -0.05) is 36.4 Å². The van der Waals surface area contributed by atoms with E-state index in [0.717, 1.165) is 22.9 Å². The maximum Gasteiger partial charge on any atom is 0.536 e. The second-order valence-corrected chi connectivity index (χ2v) is 7.84. The molecule has 24 heavy (non-hydrogen) atoms. The first-order valence-electron chi connectivity index (χ1n) is 7.38. The summed E-state index contributed by atoms with van der Waals surface area (Å²) < 4.78 is 54.5. The third-order valence-electron chi connectivity index (χ3n) is 3.66. The molecule has 2 rings (SSSR count). The molecule has 0 atom stereocenters. The van der Waals surface area contributed by atoms with Gasteiger partial charge >= 0.3 is 15.0 Å². The first-order valence-corrected chi connectivity index (χ1v) is 9.11. The third kappa shape index (κ3) is 3.86. The van der Waals surface area contributed by atoms with Crippen LogP contribution in [0.25, 0.3) is 11.1 Å². The molecule has 0 fully saturated rings. The van der Waals surface area contributed by atoms with Gasteiger partial charge < -0.3 is 13.3 Å². The van der Waals surface area contributed by atoms with Crippen LogP contribution in [0.2, 0.25) is 0 Å². The van der Waals surface area contributed by atoms with Gasteiger partial charge in [-0.15, -0.1) is 0 Å². The van der Waals surface area contributed by atoms with Crippen molar-refractivity contribution >= 4 is 14.0 Å². The average Bonchev–Trinajstić information content (AvgIpc) is 2.59. The van der Waals surface area contributed by atoms with Gasteiger partial charge in [0.2, 0.25) is 0 Å². The Hall–Kier alpha value is -1.67. The molecule has 0 aliphatic rings. The van der Waals surface area contributed by atoms with Crippen LogP contribution in [0.4, 0.5) is 13.2 Å². The molecule has 0 aliphatic carbocycles. The minimum Gasteiger partial charge on any atom is -0.373 e. The first-order chi connectivity index (χ1) is 11.4. The lowest BCUT2D eigenvalue weighted by atomic mass is 10.0. The summed E-state index contributed by atoms with van der Waals surface area (Å²) in [6, 6.07) is 12.3. The topological polar surface area (TPSA) is 27.7 Å². The minimum absolute atomic E-state index is 0.453. The van der Waals surface area contributed by atoms with E-state index in [0.29, 0.717) is 12.2 Å². The fourth-order valence-corrected chi connectivity index (χ4v) is 4.42. The number of rotatable bonds is 6. The highest BCUT2D eigenvalue weighted by Gasteiger charge is 2.41. The van der Waals surface area contributed by atoms with Crippen LogP contribution >= 0.6 is 0 Å². The van der Waals surface area contributed by atoms with Crippen molar-refractivity contribution in [1.82, 2.24) is 0 Å². The summed E-state index contributed by atoms with van der Waals surface area (Å²) in [5.41, 5.74) is 0.844. The average molecular weight is 356 g/mol. The lowest BCUT2D eigenvalue weighted by Crippen LogP contribution is -2.55. The summed E-state index contributed by atoms with van der Waals surface area (Å²) >= 11 is 0. The van der Waals surface area contributed by atoms with E-state index < -0.39 is 20.5 Å². The van der Waals surface area contributed by atoms with Gasteiger partial charge in [0.25, 0.3) is 0 Å². The van der Waals surface area contributed by atoms with Crippen LogP contribution < -0.4 is 5.19 Å². The standard InChI is InChI=1S/C17H19F3O3Si/c1-4-23-24(21-2,22-3)16-11-7-14(8-12-16)13-5-9-15(10-6-13)17(18,19)20/h5-12H,4H2,1-3H3. The van der Waals surface area contributed by atoms with Crippen LogP contribution in [0, 0.1) is 0 Å². The molecule has 7 heteroatoms. The van der Waals surface area contributed by atoms with E-state index in [2.05, 4.69) is 0 Å². The zero-order valence-corrected chi connectivity index (χ0v) is 14.7. The second kappa shape index (κ2) is 7.48. The highest BCUT2D eigenvalue weighted by molar-refractivity contribution is 6.75. The van der Waals surface area contributed by atoms with E-state index in [1.54, 1.807) is 0 Å². The first kappa shape index (κ1) is 18.7. The molecule has 3 nitrogen and oxygen atoms in total. The Morgan fingerprint density at radius 1 is 0.833 bits per heavy atom. The summed E-state index contributed by atoms with van der Waals surface area (Å²) in [7, 11) is 0.148. The van der Waals surface area contributed by atoms with Crippen molar-refractivity contribution in [2.24, 2.45) is 0 Å². The molecule has 0 heterocycles. The maximum absolute atomic E-state index is 12.6. The largest absolute Gasteiger partial charge is 0.536 e. The SMILES string of the molecule is CCO[Si](OC)(OC)c1ccc(-c2ccc(C(F)(F)F)cc2)cc1. The van der Waals surface area contributed by atoms with Crippen molar-refractivity contribution in [2.75, 3.05) is 20.8 Å². The number of hydrogen-bond acceptors (Lipinski definition) is 3. The number of halogens is 3. The monoisotopic (exact) mass is 356 g/mol. The summed E-state index contributed by atoms with van der Waals surface area (Å²) in [6.45, 7) is 2.31. The summed E-state index contributed by atoms with van der Waals surface area (Å²) in [5.74, 6) is 0. The van der Waals surface area contributed by atoms with Gasteiger partial charge in [-0.05, 0) is 30.2 Å². The molecule has 0 aromatic heterocycles. The molecule has 0 aliphatic heterocycles. The second-order valence-electron chi connectivity index (χ2n) is 5.05. The predicted octanol–water partition coefficient (Wildman–Crippen LogP) is 3.85. The Kier molecular flexibility index (Phi) is 5.82. The van der Waals surface area contributed by atoms with E-state index in [1.807, 2.05) is 31.2 Å². The molecule has 0 amide bonds. The third-order valence-corrected chi connectivity index (χ3v) is 6.44. The Morgan fingerprint density at radius 3 is 1.67 bits per heavy atom. The Labute approximate surface area is 140 Å². The van der Waals surface area contributed by atoms with Crippen LogP contribution in [-0.2, 0) is 19.5 Å². The Bertz CT molecular complexity index is 650. The fourth-order valence-electron chi connectivity index (χ4n) is 2.43. The van der Waals surface area contributed by atoms with Crippen LogP contribution in [0.5, 0.6) is 0 Å². The van der Waals surface area contributed by atoms with Gasteiger partial charge in [-0.25, -0.2) is 0 Å².